The van der Waals surface area contributed by atoms with E-state index in [1.54, 1.807) is 0 Å². The number of carboxylic acids is 1. The highest BCUT2D eigenvalue weighted by Gasteiger charge is 2.17. The predicted molar refractivity (Wildman–Crippen MR) is 132 cm³/mol. The van der Waals surface area contributed by atoms with E-state index in [4.69, 9.17) is 24.2 Å². The molecular weight excluding hydrogens is 466 g/mol. The molecule has 0 heterocycles. The lowest BCUT2D eigenvalue weighted by Crippen LogP contribution is -2.41. The first-order valence-electron chi connectivity index (χ1n) is 12.5. The van der Waals surface area contributed by atoms with E-state index in [9.17, 15) is 13.2 Å². The van der Waals surface area contributed by atoms with E-state index in [1.807, 2.05) is 6.92 Å². The Hall–Kier alpha value is -0.820. The zero-order valence-electron chi connectivity index (χ0n) is 21.4. The Bertz CT molecular complexity index is 547. The molecule has 0 aromatic rings. The van der Waals surface area contributed by atoms with Crippen LogP contribution in [0.2, 0.25) is 0 Å². The van der Waals surface area contributed by atoms with Gasteiger partial charge in [0.25, 0.3) is 0 Å². The molecule has 0 aliphatic carbocycles. The Morgan fingerprint density at radius 2 is 1.47 bits per heavy atom. The van der Waals surface area contributed by atoms with Crippen LogP contribution in [0.3, 0.4) is 0 Å². The van der Waals surface area contributed by atoms with Crippen LogP contribution < -0.4 is 5.32 Å². The summed E-state index contributed by atoms with van der Waals surface area (Å²) in [5.74, 6) is -0.838. The van der Waals surface area contributed by atoms with Crippen molar-refractivity contribution < 1.29 is 41.6 Å². The van der Waals surface area contributed by atoms with Gasteiger partial charge in [-0.15, -0.1) is 0 Å². The topological polar surface area (TPSA) is 152 Å². The second-order valence-corrected chi connectivity index (χ2v) is 9.37. The average Bonchev–Trinajstić information content (AvgIpc) is 2.79. The molecule has 0 radical (unpaired) electrons. The molecule has 0 amide bonds. The third-order valence-electron chi connectivity index (χ3n) is 5.22. The fourth-order valence-electron chi connectivity index (χ4n) is 3.23. The molecule has 4 N–H and O–H groups in total. The Balaban J connectivity index is 0. The summed E-state index contributed by atoms with van der Waals surface area (Å²) in [6.45, 7) is 6.31. The number of rotatable bonds is 23. The van der Waals surface area contributed by atoms with Gasteiger partial charge in [0.1, 0.15) is 0 Å². The molecule has 10 nitrogen and oxygen atoms in total. The van der Waals surface area contributed by atoms with E-state index in [-0.39, 0.29) is 31.8 Å². The molecule has 0 aromatic heterocycles. The average molecular weight is 516 g/mol. The molecular formula is C23H49NO9S. The van der Waals surface area contributed by atoms with Gasteiger partial charge in [-0.1, -0.05) is 64.7 Å². The van der Waals surface area contributed by atoms with Gasteiger partial charge in [-0.25, -0.2) is 0 Å². The molecule has 0 saturated heterocycles. The maximum atomic E-state index is 10.5. The van der Waals surface area contributed by atoms with Crippen LogP contribution in [0.1, 0.15) is 90.9 Å². The van der Waals surface area contributed by atoms with Gasteiger partial charge in [-0.2, -0.15) is 8.42 Å². The van der Waals surface area contributed by atoms with Crippen LogP contribution in [0.4, 0.5) is 0 Å². The van der Waals surface area contributed by atoms with Crippen molar-refractivity contribution in [3.8, 4) is 0 Å². The molecule has 34 heavy (non-hydrogen) atoms. The molecule has 0 saturated carbocycles. The Labute approximate surface area is 206 Å². The first kappa shape index (κ1) is 35.3. The highest BCUT2D eigenvalue weighted by atomic mass is 32.3. The van der Waals surface area contributed by atoms with Crippen LogP contribution in [0, 0.1) is 0 Å². The molecule has 0 fully saturated rings. The van der Waals surface area contributed by atoms with Crippen molar-refractivity contribution in [2.45, 2.75) is 103 Å². The number of hydrogen-bond acceptors (Lipinski definition) is 8. The van der Waals surface area contributed by atoms with E-state index in [2.05, 4.69) is 16.4 Å². The first-order valence-corrected chi connectivity index (χ1v) is 13.8. The number of carboxylic acid groups (broad SMARTS) is 1. The smallest absolute Gasteiger partial charge is 0.397 e. The molecule has 11 heteroatoms. The minimum Gasteiger partial charge on any atom is -0.481 e. The van der Waals surface area contributed by atoms with Crippen LogP contribution in [0.25, 0.3) is 0 Å². The Morgan fingerprint density at radius 1 is 0.941 bits per heavy atom. The molecule has 0 bridgehead atoms. The van der Waals surface area contributed by atoms with E-state index in [1.165, 1.54) is 57.8 Å². The van der Waals surface area contributed by atoms with Crippen LogP contribution in [-0.2, 0) is 28.9 Å². The van der Waals surface area contributed by atoms with Crippen molar-refractivity contribution in [2.24, 2.45) is 0 Å². The second-order valence-electron chi connectivity index (χ2n) is 8.18. The zero-order chi connectivity index (χ0) is 26.1. The first-order chi connectivity index (χ1) is 16.2. The van der Waals surface area contributed by atoms with Crippen molar-refractivity contribution in [3.05, 3.63) is 0 Å². The van der Waals surface area contributed by atoms with Crippen LogP contribution >= 0.6 is 0 Å². The van der Waals surface area contributed by atoms with Crippen molar-refractivity contribution in [3.63, 3.8) is 0 Å². The number of nitrogens with one attached hydrogen (secondary N) is 1. The highest BCUT2D eigenvalue weighted by Crippen LogP contribution is 2.11. The molecule has 0 aliphatic heterocycles. The second kappa shape index (κ2) is 25.3. The fraction of sp³-hybridized carbons (Fsp3) is 0.957. The number of ether oxygens (including phenoxy) is 2. The monoisotopic (exact) mass is 515 g/mol. The summed E-state index contributed by atoms with van der Waals surface area (Å²) < 4.78 is 40.8. The van der Waals surface area contributed by atoms with Crippen LogP contribution in [-0.4, -0.2) is 81.4 Å². The van der Waals surface area contributed by atoms with Crippen molar-refractivity contribution in [1.82, 2.24) is 5.32 Å². The van der Waals surface area contributed by atoms with Gasteiger partial charge in [0.15, 0.2) is 0 Å². The molecule has 0 aromatic carbocycles. The molecule has 2 atom stereocenters. The van der Waals surface area contributed by atoms with Crippen molar-refractivity contribution in [1.29, 1.82) is 0 Å². The van der Waals surface area contributed by atoms with Gasteiger partial charge in [-0.05, 0) is 26.3 Å². The largest absolute Gasteiger partial charge is 0.481 e. The van der Waals surface area contributed by atoms with Crippen molar-refractivity contribution in [2.75, 3.05) is 40.1 Å². The summed E-state index contributed by atoms with van der Waals surface area (Å²) in [6, 6.07) is 0.148. The maximum absolute atomic E-state index is 10.5. The lowest BCUT2D eigenvalue weighted by molar-refractivity contribution is -0.138. The summed E-state index contributed by atoms with van der Waals surface area (Å²) >= 11 is 0. The Kier molecular flexibility index (Phi) is 26.3. The number of carbonyl (C=O) groups is 1. The van der Waals surface area contributed by atoms with Crippen LogP contribution in [0.15, 0.2) is 0 Å². The number of unbranched alkanes of at least 4 members (excludes halogenated alkanes) is 9. The lowest BCUT2D eigenvalue weighted by Gasteiger charge is -2.25. The number of aliphatic hydroxyl groups is 1. The molecule has 0 aliphatic rings. The summed E-state index contributed by atoms with van der Waals surface area (Å²) in [4.78, 5) is 10.5. The summed E-state index contributed by atoms with van der Waals surface area (Å²) in [5, 5.41) is 21.1. The number of hydrogen-bond donors (Lipinski definition) is 4. The summed E-state index contributed by atoms with van der Waals surface area (Å²) in [7, 11) is -3.29. The minimum atomic E-state index is -4.16. The van der Waals surface area contributed by atoms with E-state index < -0.39 is 16.4 Å². The lowest BCUT2D eigenvalue weighted by atomic mass is 10.1. The van der Waals surface area contributed by atoms with Gasteiger partial charge >= 0.3 is 16.4 Å². The SMILES string of the molecule is CCCCCCCCCCCCNC(CCOCCC(=O)O)C(C)OCCO.COS(=O)(=O)O. The summed E-state index contributed by atoms with van der Waals surface area (Å²) in [5.41, 5.74) is 0. The Morgan fingerprint density at radius 3 is 1.94 bits per heavy atom. The summed E-state index contributed by atoms with van der Waals surface area (Å²) in [6.07, 6.45) is 14.0. The fourth-order valence-corrected chi connectivity index (χ4v) is 3.23. The van der Waals surface area contributed by atoms with E-state index in [0.29, 0.717) is 13.2 Å². The van der Waals surface area contributed by atoms with Gasteiger partial charge in [0.05, 0.1) is 39.5 Å². The van der Waals surface area contributed by atoms with Crippen LogP contribution in [0.5, 0.6) is 0 Å². The standard InChI is InChI=1S/C22H45NO5.CH4O4S/c1-3-4-5-6-7-8-9-10-11-12-15-23-21(20(2)28-19-16-24)13-17-27-18-14-22(25)26;1-5-6(2,3)4/h20-21,23-24H,3-19H2,1-2H3,(H,25,26);1H3,(H,2,3,4). The van der Waals surface area contributed by atoms with E-state index in [0.717, 1.165) is 26.5 Å². The maximum Gasteiger partial charge on any atom is 0.397 e. The van der Waals surface area contributed by atoms with Gasteiger partial charge in [0, 0.05) is 12.6 Å². The number of aliphatic carboxylic acids is 1. The minimum absolute atomic E-state index is 0.0154. The van der Waals surface area contributed by atoms with Crippen molar-refractivity contribution >= 4 is 16.4 Å². The van der Waals surface area contributed by atoms with Gasteiger partial charge < -0.3 is 25.0 Å². The third kappa shape index (κ3) is 29.2. The normalized spacial score (nSPS) is 13.2. The predicted octanol–water partition coefficient (Wildman–Crippen LogP) is 3.58. The third-order valence-corrected chi connectivity index (χ3v) is 5.64. The van der Waals surface area contributed by atoms with Gasteiger partial charge in [0.2, 0.25) is 0 Å². The molecule has 0 rings (SSSR count). The zero-order valence-corrected chi connectivity index (χ0v) is 22.2. The van der Waals surface area contributed by atoms with E-state index >= 15 is 0 Å². The van der Waals surface area contributed by atoms with Gasteiger partial charge in [-0.3, -0.25) is 13.5 Å². The quantitative estimate of drug-likeness (QED) is 0.117. The number of aliphatic hydroxyl groups excluding tert-OH is 1. The molecule has 206 valence electrons. The highest BCUT2D eigenvalue weighted by molar-refractivity contribution is 7.80. The molecule has 2 unspecified atom stereocenters. The molecule has 0 spiro atoms.